The second-order valence-electron chi connectivity index (χ2n) is 6.89. The van der Waals surface area contributed by atoms with Crippen molar-refractivity contribution in [3.63, 3.8) is 0 Å². The van der Waals surface area contributed by atoms with Crippen molar-refractivity contribution < 1.29 is 23.2 Å². The number of carbonyl (C=O) groups excluding carboxylic acids is 1. The van der Waals surface area contributed by atoms with E-state index in [1.165, 1.54) is 42.5 Å². The normalized spacial score (nSPS) is 18.8. The first-order valence-electron chi connectivity index (χ1n) is 9.29. The van der Waals surface area contributed by atoms with Gasteiger partial charge in [0.25, 0.3) is 5.69 Å². The molecule has 154 valence electrons. The summed E-state index contributed by atoms with van der Waals surface area (Å²) in [4.78, 5) is 22.2. The monoisotopic (exact) mass is 405 g/mol. The Morgan fingerprint density at radius 3 is 2.28 bits per heavy atom. The van der Waals surface area contributed by atoms with Crippen molar-refractivity contribution in [1.82, 2.24) is 5.32 Å². The number of nitro benzene ring substituents is 1. The number of nitrogens with zero attached hydrogens (tertiary/aromatic N) is 1. The number of benzene rings is 2. The summed E-state index contributed by atoms with van der Waals surface area (Å²) in [6, 6.07) is 8.84. The zero-order valence-electron chi connectivity index (χ0n) is 15.6. The maximum absolute atomic E-state index is 13.6. The van der Waals surface area contributed by atoms with E-state index in [1.807, 2.05) is 0 Å². The number of ether oxygens (including phenoxy) is 1. The van der Waals surface area contributed by atoms with Crippen LogP contribution < -0.4 is 10.6 Å². The molecule has 0 saturated heterocycles. The Balaban J connectivity index is 1.41. The predicted octanol–water partition coefficient (Wildman–Crippen LogP) is 4.52. The SMILES string of the molecule is O=C(Nc1ccc([N+](=O)[O-])cc1)N[C@H]1CC[C@H](OCc2c(F)cccc2F)CC1. The minimum Gasteiger partial charge on any atom is -0.373 e. The van der Waals surface area contributed by atoms with Crippen LogP contribution in [0.2, 0.25) is 0 Å². The lowest BCUT2D eigenvalue weighted by Gasteiger charge is -2.29. The molecule has 1 saturated carbocycles. The second-order valence-corrected chi connectivity index (χ2v) is 6.89. The largest absolute Gasteiger partial charge is 0.373 e. The highest BCUT2D eigenvalue weighted by atomic mass is 19.1. The van der Waals surface area contributed by atoms with E-state index in [9.17, 15) is 23.7 Å². The summed E-state index contributed by atoms with van der Waals surface area (Å²) in [5.74, 6) is -1.24. The number of hydrogen-bond donors (Lipinski definition) is 2. The first kappa shape index (κ1) is 20.7. The highest BCUT2D eigenvalue weighted by molar-refractivity contribution is 5.89. The fourth-order valence-electron chi connectivity index (χ4n) is 3.26. The highest BCUT2D eigenvalue weighted by Crippen LogP contribution is 2.24. The molecule has 2 amide bonds. The van der Waals surface area contributed by atoms with Crippen molar-refractivity contribution >= 4 is 17.4 Å². The van der Waals surface area contributed by atoms with E-state index in [-0.39, 0.29) is 30.0 Å². The van der Waals surface area contributed by atoms with E-state index < -0.39 is 22.6 Å². The molecule has 2 N–H and O–H groups in total. The van der Waals surface area contributed by atoms with Crippen LogP contribution in [-0.4, -0.2) is 23.1 Å². The molecular weight excluding hydrogens is 384 g/mol. The van der Waals surface area contributed by atoms with Gasteiger partial charge in [-0.05, 0) is 49.9 Å². The average Bonchev–Trinajstić information content (AvgIpc) is 2.69. The van der Waals surface area contributed by atoms with Crippen LogP contribution in [0.15, 0.2) is 42.5 Å². The minimum atomic E-state index is -0.622. The lowest BCUT2D eigenvalue weighted by molar-refractivity contribution is -0.384. The first-order chi connectivity index (χ1) is 13.9. The van der Waals surface area contributed by atoms with Gasteiger partial charge in [-0.1, -0.05) is 6.07 Å². The fourth-order valence-corrected chi connectivity index (χ4v) is 3.26. The van der Waals surface area contributed by atoms with Crippen LogP contribution in [0.25, 0.3) is 0 Å². The van der Waals surface area contributed by atoms with Gasteiger partial charge in [0.15, 0.2) is 0 Å². The number of hydrogen-bond acceptors (Lipinski definition) is 4. The van der Waals surface area contributed by atoms with Gasteiger partial charge in [-0.25, -0.2) is 13.6 Å². The molecule has 0 bridgehead atoms. The lowest BCUT2D eigenvalue weighted by atomic mass is 9.93. The van der Waals surface area contributed by atoms with E-state index in [1.54, 1.807) is 0 Å². The molecule has 29 heavy (non-hydrogen) atoms. The van der Waals surface area contributed by atoms with E-state index in [4.69, 9.17) is 4.74 Å². The van der Waals surface area contributed by atoms with Gasteiger partial charge in [0.05, 0.1) is 17.6 Å². The van der Waals surface area contributed by atoms with Crippen LogP contribution in [0.5, 0.6) is 0 Å². The Kier molecular flexibility index (Phi) is 6.71. The van der Waals surface area contributed by atoms with E-state index >= 15 is 0 Å². The number of halogens is 2. The Labute approximate surface area is 166 Å². The Morgan fingerprint density at radius 1 is 1.07 bits per heavy atom. The zero-order chi connectivity index (χ0) is 20.8. The molecule has 3 rings (SSSR count). The molecule has 0 atom stereocenters. The van der Waals surface area contributed by atoms with Gasteiger partial charge in [0.1, 0.15) is 11.6 Å². The van der Waals surface area contributed by atoms with Crippen molar-refractivity contribution in [1.29, 1.82) is 0 Å². The Hall–Kier alpha value is -3.07. The van der Waals surface area contributed by atoms with E-state index in [2.05, 4.69) is 10.6 Å². The number of nitrogens with one attached hydrogen (secondary N) is 2. The van der Waals surface area contributed by atoms with Crippen molar-refractivity contribution in [2.75, 3.05) is 5.32 Å². The van der Waals surface area contributed by atoms with Gasteiger partial charge in [0, 0.05) is 29.4 Å². The molecular formula is C20H21F2N3O4. The number of rotatable bonds is 6. The third kappa shape index (κ3) is 5.71. The van der Waals surface area contributed by atoms with Gasteiger partial charge < -0.3 is 15.4 Å². The first-order valence-corrected chi connectivity index (χ1v) is 9.29. The van der Waals surface area contributed by atoms with Gasteiger partial charge >= 0.3 is 6.03 Å². The predicted molar refractivity (Wildman–Crippen MR) is 102 cm³/mol. The Bertz CT molecular complexity index is 848. The second kappa shape index (κ2) is 9.42. The summed E-state index contributed by atoms with van der Waals surface area (Å²) in [7, 11) is 0. The summed E-state index contributed by atoms with van der Waals surface area (Å²) in [6.07, 6.45) is 2.57. The lowest BCUT2D eigenvalue weighted by Crippen LogP contribution is -2.41. The van der Waals surface area contributed by atoms with Gasteiger partial charge in [-0.15, -0.1) is 0 Å². The summed E-state index contributed by atoms with van der Waals surface area (Å²) in [6.45, 7) is -0.123. The molecule has 1 aliphatic carbocycles. The van der Waals surface area contributed by atoms with Crippen LogP contribution in [0, 0.1) is 21.7 Å². The topological polar surface area (TPSA) is 93.5 Å². The molecule has 0 aromatic heterocycles. The number of urea groups is 1. The van der Waals surface area contributed by atoms with Crippen molar-refractivity contribution in [2.24, 2.45) is 0 Å². The molecule has 9 heteroatoms. The molecule has 0 aliphatic heterocycles. The molecule has 7 nitrogen and oxygen atoms in total. The number of non-ortho nitro benzene ring substituents is 1. The molecule has 2 aromatic rings. The molecule has 1 fully saturated rings. The van der Waals surface area contributed by atoms with Crippen molar-refractivity contribution in [3.05, 3.63) is 69.8 Å². The average molecular weight is 405 g/mol. The molecule has 0 heterocycles. The van der Waals surface area contributed by atoms with E-state index in [0.29, 0.717) is 31.4 Å². The fraction of sp³-hybridized carbons (Fsp3) is 0.350. The molecule has 0 radical (unpaired) electrons. The molecule has 0 spiro atoms. The van der Waals surface area contributed by atoms with Crippen LogP contribution in [0.3, 0.4) is 0 Å². The number of carbonyl (C=O) groups is 1. The van der Waals surface area contributed by atoms with Crippen molar-refractivity contribution in [2.45, 2.75) is 44.4 Å². The molecule has 1 aliphatic rings. The summed E-state index contributed by atoms with van der Waals surface area (Å²) >= 11 is 0. The maximum atomic E-state index is 13.6. The number of amides is 2. The summed E-state index contributed by atoms with van der Waals surface area (Å²) < 4.78 is 32.9. The maximum Gasteiger partial charge on any atom is 0.319 e. The summed E-state index contributed by atoms with van der Waals surface area (Å²) in [5.41, 5.74) is 0.330. The minimum absolute atomic E-state index is 0.0434. The third-order valence-electron chi connectivity index (χ3n) is 4.87. The summed E-state index contributed by atoms with van der Waals surface area (Å²) in [5, 5.41) is 16.1. The van der Waals surface area contributed by atoms with Gasteiger partial charge in [-0.3, -0.25) is 10.1 Å². The standard InChI is InChI=1S/C20H21F2N3O4/c21-18-2-1-3-19(22)17(18)12-29-16-10-6-14(7-11-16)24-20(26)23-13-4-8-15(9-5-13)25(27)28/h1-5,8-9,14,16H,6-7,10-12H2,(H2,23,24,26)/t14-,16-. The zero-order valence-corrected chi connectivity index (χ0v) is 15.6. The van der Waals surface area contributed by atoms with E-state index in [0.717, 1.165) is 0 Å². The molecule has 2 aromatic carbocycles. The highest BCUT2D eigenvalue weighted by Gasteiger charge is 2.23. The van der Waals surface area contributed by atoms with Crippen LogP contribution in [0.4, 0.5) is 25.0 Å². The smallest absolute Gasteiger partial charge is 0.319 e. The number of nitro groups is 1. The molecule has 0 unspecified atom stereocenters. The van der Waals surface area contributed by atoms with Crippen LogP contribution in [0.1, 0.15) is 31.2 Å². The van der Waals surface area contributed by atoms with Crippen LogP contribution in [-0.2, 0) is 11.3 Å². The van der Waals surface area contributed by atoms with Gasteiger partial charge in [-0.2, -0.15) is 0 Å². The van der Waals surface area contributed by atoms with Crippen LogP contribution >= 0.6 is 0 Å². The Morgan fingerprint density at radius 2 is 1.69 bits per heavy atom. The van der Waals surface area contributed by atoms with Gasteiger partial charge in [0.2, 0.25) is 0 Å². The third-order valence-corrected chi connectivity index (χ3v) is 4.87. The number of anilines is 1. The quantitative estimate of drug-likeness (QED) is 0.546. The van der Waals surface area contributed by atoms with Crippen molar-refractivity contribution in [3.8, 4) is 0 Å².